The smallest absolute Gasteiger partial charge is 0.408 e. The van der Waals surface area contributed by atoms with E-state index in [1.807, 2.05) is 31.2 Å². The Labute approximate surface area is 160 Å². The number of amides is 1. The molecule has 6 heteroatoms. The Balaban J connectivity index is 2.21. The van der Waals surface area contributed by atoms with Crippen molar-refractivity contribution >= 4 is 27.8 Å². The molecule has 2 rings (SSSR count). The Bertz CT molecular complexity index is 762. The summed E-state index contributed by atoms with van der Waals surface area (Å²) in [5.74, 6) is -0.627. The first-order valence-corrected chi connectivity index (χ1v) is 9.18. The van der Waals surface area contributed by atoms with Crippen LogP contribution in [-0.2, 0) is 0 Å². The molecule has 1 amide bonds. The lowest BCUT2D eigenvalue weighted by molar-refractivity contribution is 0.0829. The van der Waals surface area contributed by atoms with Crippen LogP contribution in [-0.4, -0.2) is 27.9 Å². The number of ketones is 1. The molecule has 0 saturated heterocycles. The number of halogens is 2. The van der Waals surface area contributed by atoms with Crippen LogP contribution in [0.1, 0.15) is 48.7 Å². The van der Waals surface area contributed by atoms with Crippen LogP contribution < -0.4 is 0 Å². The fourth-order valence-electron chi connectivity index (χ4n) is 3.03. The van der Waals surface area contributed by atoms with E-state index >= 15 is 0 Å². The number of carbonyl (C=O) groups excluding carboxylic acids is 1. The SMILES string of the molecule is CC[C@@H](c1ccc(Br)cc1)N(C(=O)O)C(C)CC(=O)c1ccc(F)cc1. The lowest BCUT2D eigenvalue weighted by Crippen LogP contribution is -2.41. The highest BCUT2D eigenvalue weighted by Crippen LogP contribution is 2.29. The first-order chi connectivity index (χ1) is 12.3. The van der Waals surface area contributed by atoms with Gasteiger partial charge in [-0.25, -0.2) is 9.18 Å². The fraction of sp³-hybridized carbons (Fsp3) is 0.300. The van der Waals surface area contributed by atoms with Gasteiger partial charge in [-0.15, -0.1) is 0 Å². The Hall–Kier alpha value is -2.21. The van der Waals surface area contributed by atoms with Crippen molar-refractivity contribution < 1.29 is 19.1 Å². The number of benzene rings is 2. The number of rotatable bonds is 7. The van der Waals surface area contributed by atoms with Crippen molar-refractivity contribution in [1.82, 2.24) is 4.90 Å². The first-order valence-electron chi connectivity index (χ1n) is 8.39. The summed E-state index contributed by atoms with van der Waals surface area (Å²) in [5.41, 5.74) is 1.25. The van der Waals surface area contributed by atoms with Gasteiger partial charge in [0.25, 0.3) is 0 Å². The van der Waals surface area contributed by atoms with E-state index in [0.717, 1.165) is 10.0 Å². The number of hydrogen-bond acceptors (Lipinski definition) is 2. The maximum atomic E-state index is 13.0. The molecule has 0 spiro atoms. The second-order valence-electron chi connectivity index (χ2n) is 6.15. The first kappa shape index (κ1) is 20.1. The molecule has 0 radical (unpaired) electrons. The summed E-state index contributed by atoms with van der Waals surface area (Å²) >= 11 is 3.37. The van der Waals surface area contributed by atoms with Crippen molar-refractivity contribution in [2.24, 2.45) is 0 Å². The quantitative estimate of drug-likeness (QED) is 0.584. The maximum absolute atomic E-state index is 13.0. The summed E-state index contributed by atoms with van der Waals surface area (Å²) in [7, 11) is 0. The van der Waals surface area contributed by atoms with Gasteiger partial charge in [-0.3, -0.25) is 9.69 Å². The molecule has 0 aromatic heterocycles. The van der Waals surface area contributed by atoms with Gasteiger partial charge < -0.3 is 5.11 Å². The predicted octanol–water partition coefficient (Wildman–Crippen LogP) is 5.68. The standard InChI is InChI=1S/C20H21BrFNO3/c1-3-18(14-4-8-16(21)9-5-14)23(20(25)26)13(2)12-19(24)15-6-10-17(22)11-7-15/h4-11,13,18H,3,12H2,1-2H3,(H,25,26)/t13?,18-/m0/s1. The van der Waals surface area contributed by atoms with Crippen molar-refractivity contribution in [1.29, 1.82) is 0 Å². The van der Waals surface area contributed by atoms with Gasteiger partial charge in [0, 0.05) is 22.5 Å². The Morgan fingerprint density at radius 3 is 2.19 bits per heavy atom. The maximum Gasteiger partial charge on any atom is 0.408 e. The molecule has 0 aliphatic heterocycles. The highest BCUT2D eigenvalue weighted by Gasteiger charge is 2.29. The molecule has 2 atom stereocenters. The molecule has 0 saturated carbocycles. The third-order valence-electron chi connectivity index (χ3n) is 4.32. The molecule has 1 N–H and O–H groups in total. The zero-order valence-corrected chi connectivity index (χ0v) is 16.2. The highest BCUT2D eigenvalue weighted by atomic mass is 79.9. The van der Waals surface area contributed by atoms with Gasteiger partial charge in [0.1, 0.15) is 5.82 Å². The lowest BCUT2D eigenvalue weighted by atomic mass is 9.98. The van der Waals surface area contributed by atoms with Crippen molar-refractivity contribution in [3.05, 3.63) is 69.9 Å². The molecular weight excluding hydrogens is 401 g/mol. The van der Waals surface area contributed by atoms with Crippen molar-refractivity contribution in [2.75, 3.05) is 0 Å². The van der Waals surface area contributed by atoms with Gasteiger partial charge in [-0.05, 0) is 55.3 Å². The average molecular weight is 422 g/mol. The summed E-state index contributed by atoms with van der Waals surface area (Å²) in [5, 5.41) is 9.74. The van der Waals surface area contributed by atoms with Crippen molar-refractivity contribution in [3.63, 3.8) is 0 Å². The molecule has 0 bridgehead atoms. The second-order valence-corrected chi connectivity index (χ2v) is 7.06. The summed E-state index contributed by atoms with van der Waals surface area (Å²) in [6, 6.07) is 11.9. The van der Waals surface area contributed by atoms with E-state index in [2.05, 4.69) is 15.9 Å². The van der Waals surface area contributed by atoms with Crippen LogP contribution in [0.5, 0.6) is 0 Å². The van der Waals surface area contributed by atoms with Gasteiger partial charge in [0.05, 0.1) is 6.04 Å². The fourth-order valence-corrected chi connectivity index (χ4v) is 3.29. The molecular formula is C20H21BrFNO3. The van der Waals surface area contributed by atoms with Crippen molar-refractivity contribution in [3.8, 4) is 0 Å². The van der Waals surface area contributed by atoms with Crippen LogP contribution >= 0.6 is 15.9 Å². The van der Waals surface area contributed by atoms with E-state index in [0.29, 0.717) is 12.0 Å². The molecule has 0 aliphatic carbocycles. The Morgan fingerprint density at radius 2 is 1.69 bits per heavy atom. The monoisotopic (exact) mass is 421 g/mol. The van der Waals surface area contributed by atoms with Crippen LogP contribution in [0.15, 0.2) is 53.0 Å². The lowest BCUT2D eigenvalue weighted by Gasteiger charge is -2.34. The number of carbonyl (C=O) groups is 2. The van der Waals surface area contributed by atoms with Crippen LogP contribution in [0.2, 0.25) is 0 Å². The number of nitrogens with zero attached hydrogens (tertiary/aromatic N) is 1. The molecule has 1 unspecified atom stereocenters. The van der Waals surface area contributed by atoms with E-state index in [-0.39, 0.29) is 18.2 Å². The van der Waals surface area contributed by atoms with Gasteiger partial charge >= 0.3 is 6.09 Å². The molecule has 0 aliphatic rings. The van der Waals surface area contributed by atoms with Crippen LogP contribution in [0, 0.1) is 5.82 Å². The van der Waals surface area contributed by atoms with Crippen LogP contribution in [0.4, 0.5) is 9.18 Å². The zero-order valence-electron chi connectivity index (χ0n) is 14.7. The minimum Gasteiger partial charge on any atom is -0.465 e. The molecule has 138 valence electrons. The third-order valence-corrected chi connectivity index (χ3v) is 4.85. The molecule has 2 aromatic carbocycles. The molecule has 4 nitrogen and oxygen atoms in total. The number of carboxylic acid groups (broad SMARTS) is 1. The van der Waals surface area contributed by atoms with E-state index in [4.69, 9.17) is 0 Å². The molecule has 0 heterocycles. The summed E-state index contributed by atoms with van der Waals surface area (Å²) < 4.78 is 13.9. The van der Waals surface area contributed by atoms with Gasteiger partial charge in [0.2, 0.25) is 0 Å². The summed E-state index contributed by atoms with van der Waals surface area (Å²) in [4.78, 5) is 25.7. The van der Waals surface area contributed by atoms with E-state index < -0.39 is 18.0 Å². The Kier molecular flexibility index (Phi) is 6.91. The minimum atomic E-state index is -1.07. The Morgan fingerprint density at radius 1 is 1.12 bits per heavy atom. The van der Waals surface area contributed by atoms with Gasteiger partial charge in [-0.2, -0.15) is 0 Å². The summed E-state index contributed by atoms with van der Waals surface area (Å²) in [6.45, 7) is 3.63. The highest BCUT2D eigenvalue weighted by molar-refractivity contribution is 9.10. The largest absolute Gasteiger partial charge is 0.465 e. The second kappa shape index (κ2) is 8.94. The van der Waals surface area contributed by atoms with E-state index in [1.54, 1.807) is 6.92 Å². The van der Waals surface area contributed by atoms with E-state index in [9.17, 15) is 19.1 Å². The number of Topliss-reactive ketones (excluding diaryl/α,β-unsaturated/α-hetero) is 1. The van der Waals surface area contributed by atoms with Gasteiger partial charge in [-0.1, -0.05) is 35.0 Å². The third kappa shape index (κ3) is 4.91. The van der Waals surface area contributed by atoms with Gasteiger partial charge in [0.15, 0.2) is 5.78 Å². The molecule has 2 aromatic rings. The van der Waals surface area contributed by atoms with E-state index in [1.165, 1.54) is 29.2 Å². The predicted molar refractivity (Wildman–Crippen MR) is 102 cm³/mol. The summed E-state index contributed by atoms with van der Waals surface area (Å²) in [6.07, 6.45) is -0.451. The van der Waals surface area contributed by atoms with Crippen LogP contribution in [0.3, 0.4) is 0 Å². The number of hydrogen-bond donors (Lipinski definition) is 1. The topological polar surface area (TPSA) is 57.6 Å². The molecule has 0 fully saturated rings. The molecule has 26 heavy (non-hydrogen) atoms. The normalized spacial score (nSPS) is 13.1. The van der Waals surface area contributed by atoms with Crippen LogP contribution in [0.25, 0.3) is 0 Å². The minimum absolute atomic E-state index is 0.0327. The average Bonchev–Trinajstić information content (AvgIpc) is 2.60. The van der Waals surface area contributed by atoms with Crippen molar-refractivity contribution in [2.45, 2.75) is 38.8 Å². The zero-order chi connectivity index (χ0) is 19.3.